The summed E-state index contributed by atoms with van der Waals surface area (Å²) in [6.45, 7) is 0. The number of nitrogens with zero attached hydrogens (tertiary/aromatic N) is 1. The molecule has 1 amide bonds. The Balaban J connectivity index is 1.63. The van der Waals surface area contributed by atoms with Gasteiger partial charge in [-0.1, -0.05) is 30.3 Å². The molecule has 1 aliphatic carbocycles. The van der Waals surface area contributed by atoms with Gasteiger partial charge in [0.15, 0.2) is 11.5 Å². The molecule has 0 bridgehead atoms. The lowest BCUT2D eigenvalue weighted by Gasteiger charge is -2.12. The highest BCUT2D eigenvalue weighted by molar-refractivity contribution is 5.86. The number of hydrogen-bond acceptors (Lipinski definition) is 5. The Bertz CT molecular complexity index is 780. The van der Waals surface area contributed by atoms with Gasteiger partial charge in [0.05, 0.1) is 27.5 Å². The SMILES string of the molecule is COc1cc(/C=N\NC(=O)[C@@H]2C[C@H]2c2ccccc2)cc(OC)c1OC. The summed E-state index contributed by atoms with van der Waals surface area (Å²) in [6, 6.07) is 13.6. The van der Waals surface area contributed by atoms with Crippen LogP contribution in [0.1, 0.15) is 23.5 Å². The van der Waals surface area contributed by atoms with Gasteiger partial charge in [-0.15, -0.1) is 0 Å². The molecule has 0 radical (unpaired) electrons. The highest BCUT2D eigenvalue weighted by Gasteiger charge is 2.43. The van der Waals surface area contributed by atoms with Gasteiger partial charge >= 0.3 is 0 Å². The third kappa shape index (κ3) is 3.79. The fourth-order valence-corrected chi connectivity index (χ4v) is 2.98. The minimum atomic E-state index is -0.0671. The fraction of sp³-hybridized carbons (Fsp3) is 0.300. The van der Waals surface area contributed by atoms with Gasteiger partial charge in [0.1, 0.15) is 0 Å². The maximum absolute atomic E-state index is 12.2. The van der Waals surface area contributed by atoms with Gasteiger partial charge in [-0.05, 0) is 30.0 Å². The van der Waals surface area contributed by atoms with E-state index in [0.717, 1.165) is 12.0 Å². The molecule has 1 N–H and O–H groups in total. The molecule has 136 valence electrons. The van der Waals surface area contributed by atoms with Crippen LogP contribution in [0.15, 0.2) is 47.6 Å². The normalized spacial score (nSPS) is 18.4. The van der Waals surface area contributed by atoms with Crippen LogP contribution in [0, 0.1) is 5.92 Å². The molecule has 1 aliphatic rings. The van der Waals surface area contributed by atoms with Gasteiger partial charge in [-0.2, -0.15) is 5.10 Å². The lowest BCUT2D eigenvalue weighted by Crippen LogP contribution is -2.20. The monoisotopic (exact) mass is 354 g/mol. The van der Waals surface area contributed by atoms with Crippen molar-refractivity contribution < 1.29 is 19.0 Å². The van der Waals surface area contributed by atoms with E-state index < -0.39 is 0 Å². The van der Waals surface area contributed by atoms with E-state index in [4.69, 9.17) is 14.2 Å². The number of methoxy groups -OCH3 is 3. The van der Waals surface area contributed by atoms with E-state index in [1.54, 1.807) is 39.7 Å². The van der Waals surface area contributed by atoms with Crippen LogP contribution >= 0.6 is 0 Å². The average Bonchev–Trinajstić information content (AvgIpc) is 3.48. The number of ether oxygens (including phenoxy) is 3. The van der Waals surface area contributed by atoms with Crippen molar-refractivity contribution in [2.45, 2.75) is 12.3 Å². The summed E-state index contributed by atoms with van der Waals surface area (Å²) >= 11 is 0. The molecule has 1 saturated carbocycles. The standard InChI is InChI=1S/C20H22N2O4/c1-24-17-9-13(10-18(25-2)19(17)26-3)12-21-22-20(23)16-11-15(16)14-7-5-4-6-8-14/h4-10,12,15-16H,11H2,1-3H3,(H,22,23)/b21-12-/t15-,16+/m0/s1. The minimum Gasteiger partial charge on any atom is -0.493 e. The molecule has 26 heavy (non-hydrogen) atoms. The van der Waals surface area contributed by atoms with Crippen molar-refractivity contribution in [1.29, 1.82) is 0 Å². The van der Waals surface area contributed by atoms with Gasteiger partial charge in [-0.3, -0.25) is 4.79 Å². The third-order valence-electron chi connectivity index (χ3n) is 4.43. The van der Waals surface area contributed by atoms with Crippen LogP contribution in [-0.2, 0) is 4.79 Å². The smallest absolute Gasteiger partial charge is 0.243 e. The van der Waals surface area contributed by atoms with E-state index in [0.29, 0.717) is 17.2 Å². The van der Waals surface area contributed by atoms with Gasteiger partial charge in [0.25, 0.3) is 0 Å². The van der Waals surface area contributed by atoms with Crippen molar-refractivity contribution in [2.75, 3.05) is 21.3 Å². The van der Waals surface area contributed by atoms with Crippen molar-refractivity contribution in [2.24, 2.45) is 11.0 Å². The molecule has 2 aromatic carbocycles. The van der Waals surface area contributed by atoms with Crippen LogP contribution in [0.5, 0.6) is 17.2 Å². The first-order valence-corrected chi connectivity index (χ1v) is 8.35. The maximum Gasteiger partial charge on any atom is 0.243 e. The Hall–Kier alpha value is -3.02. The predicted molar refractivity (Wildman–Crippen MR) is 99.1 cm³/mol. The molecule has 6 nitrogen and oxygen atoms in total. The largest absolute Gasteiger partial charge is 0.493 e. The summed E-state index contributed by atoms with van der Waals surface area (Å²) in [5.41, 5.74) is 4.54. The summed E-state index contributed by atoms with van der Waals surface area (Å²) in [4.78, 5) is 12.2. The number of rotatable bonds is 7. The van der Waals surface area contributed by atoms with Crippen LogP contribution in [0.2, 0.25) is 0 Å². The molecule has 0 unspecified atom stereocenters. The van der Waals surface area contributed by atoms with Crippen LogP contribution in [0.3, 0.4) is 0 Å². The zero-order valence-electron chi connectivity index (χ0n) is 15.1. The van der Waals surface area contributed by atoms with E-state index in [1.165, 1.54) is 5.56 Å². The highest BCUT2D eigenvalue weighted by Crippen LogP contribution is 2.47. The molecule has 3 rings (SSSR count). The maximum atomic E-state index is 12.2. The molecular formula is C20H22N2O4. The number of nitrogens with one attached hydrogen (secondary N) is 1. The molecule has 2 aromatic rings. The molecule has 6 heteroatoms. The molecule has 0 aliphatic heterocycles. The topological polar surface area (TPSA) is 69.2 Å². The second-order valence-electron chi connectivity index (χ2n) is 6.05. The summed E-state index contributed by atoms with van der Waals surface area (Å²) in [5.74, 6) is 1.78. The number of benzene rings is 2. The van der Waals surface area contributed by atoms with Crippen LogP contribution in [0.25, 0.3) is 0 Å². The van der Waals surface area contributed by atoms with E-state index in [2.05, 4.69) is 22.7 Å². The predicted octanol–water partition coefficient (Wildman–Crippen LogP) is 2.97. The molecule has 0 spiro atoms. The van der Waals surface area contributed by atoms with Gasteiger partial charge in [0, 0.05) is 11.5 Å². The number of hydrogen-bond donors (Lipinski definition) is 1. The van der Waals surface area contributed by atoms with Crippen molar-refractivity contribution in [3.05, 3.63) is 53.6 Å². The lowest BCUT2D eigenvalue weighted by molar-refractivity contribution is -0.122. The summed E-state index contributed by atoms with van der Waals surface area (Å²) in [7, 11) is 4.65. The van der Waals surface area contributed by atoms with Crippen LogP contribution < -0.4 is 19.6 Å². The quantitative estimate of drug-likeness (QED) is 0.613. The van der Waals surface area contributed by atoms with Crippen molar-refractivity contribution in [1.82, 2.24) is 5.43 Å². The summed E-state index contributed by atoms with van der Waals surface area (Å²) in [6.07, 6.45) is 2.41. The molecule has 0 saturated heterocycles. The number of amides is 1. The highest BCUT2D eigenvalue weighted by atomic mass is 16.5. The average molecular weight is 354 g/mol. The van der Waals surface area contributed by atoms with E-state index in [1.807, 2.05) is 18.2 Å². The van der Waals surface area contributed by atoms with Crippen molar-refractivity contribution >= 4 is 12.1 Å². The Morgan fingerprint density at radius 3 is 2.31 bits per heavy atom. The first-order valence-electron chi connectivity index (χ1n) is 8.35. The molecule has 1 fully saturated rings. The molecular weight excluding hydrogens is 332 g/mol. The zero-order valence-corrected chi connectivity index (χ0v) is 15.1. The first-order chi connectivity index (χ1) is 12.7. The first kappa shape index (κ1) is 17.8. The van der Waals surface area contributed by atoms with E-state index in [9.17, 15) is 4.79 Å². The molecule has 0 heterocycles. The van der Waals surface area contributed by atoms with Crippen LogP contribution in [-0.4, -0.2) is 33.5 Å². The Morgan fingerprint density at radius 2 is 1.73 bits per heavy atom. The van der Waals surface area contributed by atoms with Gasteiger partial charge in [0.2, 0.25) is 11.7 Å². The van der Waals surface area contributed by atoms with Crippen molar-refractivity contribution in [3.63, 3.8) is 0 Å². The Morgan fingerprint density at radius 1 is 1.08 bits per heavy atom. The zero-order chi connectivity index (χ0) is 18.5. The van der Waals surface area contributed by atoms with E-state index >= 15 is 0 Å². The number of carbonyl (C=O) groups excluding carboxylic acids is 1. The lowest BCUT2D eigenvalue weighted by atomic mass is 10.1. The van der Waals surface area contributed by atoms with Gasteiger partial charge in [-0.25, -0.2) is 5.43 Å². The molecule has 2 atom stereocenters. The fourth-order valence-electron chi connectivity index (χ4n) is 2.98. The van der Waals surface area contributed by atoms with Crippen molar-refractivity contribution in [3.8, 4) is 17.2 Å². The summed E-state index contributed by atoms with van der Waals surface area (Å²) < 4.78 is 15.9. The Kier molecular flexibility index (Phi) is 5.41. The minimum absolute atomic E-state index is 0.0190. The number of hydrazone groups is 1. The Labute approximate surface area is 152 Å². The van der Waals surface area contributed by atoms with E-state index in [-0.39, 0.29) is 17.7 Å². The third-order valence-corrected chi connectivity index (χ3v) is 4.43. The van der Waals surface area contributed by atoms with Gasteiger partial charge < -0.3 is 14.2 Å². The second kappa shape index (κ2) is 7.91. The molecule has 0 aromatic heterocycles. The summed E-state index contributed by atoms with van der Waals surface area (Å²) in [5, 5.41) is 4.06. The van der Waals surface area contributed by atoms with Crippen LogP contribution in [0.4, 0.5) is 0 Å². The second-order valence-corrected chi connectivity index (χ2v) is 6.05. The number of carbonyl (C=O) groups is 1.